The number of carbonyl (C=O) groups is 2. The van der Waals surface area contributed by atoms with Crippen molar-refractivity contribution in [2.24, 2.45) is 11.7 Å². The Bertz CT molecular complexity index is 579. The van der Waals surface area contributed by atoms with Gasteiger partial charge in [0.1, 0.15) is 17.4 Å². The molecule has 0 spiro atoms. The molecule has 2 heterocycles. The molecule has 1 aliphatic heterocycles. The van der Waals surface area contributed by atoms with Gasteiger partial charge in [0.25, 0.3) is 0 Å². The highest BCUT2D eigenvalue weighted by Gasteiger charge is 2.36. The maximum atomic E-state index is 11.9. The lowest BCUT2D eigenvalue weighted by atomic mass is 10.1. The molecule has 2 amide bonds. The van der Waals surface area contributed by atoms with Crippen molar-refractivity contribution in [3.8, 4) is 11.8 Å². The number of aromatic nitrogens is 1. The number of nitrogens with two attached hydrogens (primary N) is 1. The molecule has 7 nitrogen and oxygen atoms in total. The molecule has 1 aromatic rings. The highest BCUT2D eigenvalue weighted by Crippen LogP contribution is 2.30. The molecule has 0 aromatic carbocycles. The number of primary amides is 1. The van der Waals surface area contributed by atoms with Crippen LogP contribution < -0.4 is 15.4 Å². The summed E-state index contributed by atoms with van der Waals surface area (Å²) in [6.07, 6.45) is 1.49. The molecule has 1 atom stereocenters. The van der Waals surface area contributed by atoms with Crippen LogP contribution in [0.25, 0.3) is 0 Å². The first kappa shape index (κ1) is 12.8. The van der Waals surface area contributed by atoms with Gasteiger partial charge in [0.05, 0.1) is 13.0 Å². The van der Waals surface area contributed by atoms with Gasteiger partial charge in [-0.15, -0.1) is 0 Å². The van der Waals surface area contributed by atoms with E-state index in [0.29, 0.717) is 5.75 Å². The van der Waals surface area contributed by atoms with Crippen LogP contribution in [-0.4, -0.2) is 30.5 Å². The Morgan fingerprint density at radius 2 is 2.42 bits per heavy atom. The van der Waals surface area contributed by atoms with Gasteiger partial charge in [-0.05, 0) is 6.07 Å². The van der Waals surface area contributed by atoms with Crippen molar-refractivity contribution >= 4 is 17.6 Å². The van der Waals surface area contributed by atoms with Crippen molar-refractivity contribution in [1.29, 1.82) is 5.26 Å². The van der Waals surface area contributed by atoms with Gasteiger partial charge in [-0.2, -0.15) is 5.26 Å². The van der Waals surface area contributed by atoms with E-state index >= 15 is 0 Å². The molecule has 19 heavy (non-hydrogen) atoms. The Hall–Kier alpha value is -2.62. The number of hydrogen-bond acceptors (Lipinski definition) is 5. The van der Waals surface area contributed by atoms with Gasteiger partial charge >= 0.3 is 0 Å². The molecule has 2 rings (SSSR count). The number of carbonyl (C=O) groups excluding carboxylic acids is 2. The predicted molar refractivity (Wildman–Crippen MR) is 65.2 cm³/mol. The first-order valence-electron chi connectivity index (χ1n) is 5.61. The topological polar surface area (TPSA) is 109 Å². The van der Waals surface area contributed by atoms with Crippen LogP contribution in [-0.2, 0) is 9.59 Å². The zero-order valence-electron chi connectivity index (χ0n) is 10.3. The quantitative estimate of drug-likeness (QED) is 0.809. The smallest absolute Gasteiger partial charge is 0.229 e. The van der Waals surface area contributed by atoms with Crippen molar-refractivity contribution in [3.05, 3.63) is 17.8 Å². The van der Waals surface area contributed by atoms with Crippen LogP contribution >= 0.6 is 0 Å². The van der Waals surface area contributed by atoms with Crippen molar-refractivity contribution in [1.82, 2.24) is 4.98 Å². The number of nitriles is 1. The summed E-state index contributed by atoms with van der Waals surface area (Å²) in [7, 11) is 1.43. The van der Waals surface area contributed by atoms with E-state index in [2.05, 4.69) is 4.98 Å². The lowest BCUT2D eigenvalue weighted by Gasteiger charge is -2.17. The maximum absolute atomic E-state index is 11.9. The molecule has 1 aromatic heterocycles. The van der Waals surface area contributed by atoms with Crippen LogP contribution in [0.5, 0.6) is 5.75 Å². The standard InChI is InChI=1S/C12H12N4O3/c1-19-9-2-3-15-12(8(9)5-13)16-6-7(11(14)18)4-10(16)17/h2-3,7H,4,6H2,1H3,(H2,14,18). The summed E-state index contributed by atoms with van der Waals surface area (Å²) in [6.45, 7) is 0.142. The van der Waals surface area contributed by atoms with E-state index in [9.17, 15) is 9.59 Å². The van der Waals surface area contributed by atoms with Crippen molar-refractivity contribution in [2.45, 2.75) is 6.42 Å². The number of amides is 2. The van der Waals surface area contributed by atoms with Gasteiger partial charge in [0.2, 0.25) is 11.8 Å². The number of methoxy groups -OCH3 is 1. The molecular formula is C12H12N4O3. The molecule has 1 aliphatic rings. The lowest BCUT2D eigenvalue weighted by molar-refractivity contribution is -0.123. The number of rotatable bonds is 3. The Morgan fingerprint density at radius 3 is 2.95 bits per heavy atom. The fourth-order valence-electron chi connectivity index (χ4n) is 2.02. The molecule has 1 fully saturated rings. The Labute approximate surface area is 109 Å². The largest absolute Gasteiger partial charge is 0.495 e. The average molecular weight is 260 g/mol. The average Bonchev–Trinajstić information content (AvgIpc) is 2.79. The van der Waals surface area contributed by atoms with E-state index in [4.69, 9.17) is 15.7 Å². The summed E-state index contributed by atoms with van der Waals surface area (Å²) in [5.41, 5.74) is 5.37. The molecule has 2 N–H and O–H groups in total. The Balaban J connectivity index is 2.41. The SMILES string of the molecule is COc1ccnc(N2CC(C(N)=O)CC2=O)c1C#N. The van der Waals surface area contributed by atoms with E-state index < -0.39 is 11.8 Å². The third-order valence-corrected chi connectivity index (χ3v) is 3.01. The van der Waals surface area contributed by atoms with Gasteiger partial charge < -0.3 is 10.5 Å². The monoisotopic (exact) mass is 260 g/mol. The van der Waals surface area contributed by atoms with E-state index in [1.54, 1.807) is 0 Å². The van der Waals surface area contributed by atoms with Crippen molar-refractivity contribution < 1.29 is 14.3 Å². The number of anilines is 1. The van der Waals surface area contributed by atoms with Crippen LogP contribution in [0.15, 0.2) is 12.3 Å². The number of ether oxygens (including phenoxy) is 1. The maximum Gasteiger partial charge on any atom is 0.229 e. The van der Waals surface area contributed by atoms with E-state index in [0.717, 1.165) is 0 Å². The molecule has 0 saturated carbocycles. The predicted octanol–water partition coefficient (Wildman–Crippen LogP) is -0.200. The van der Waals surface area contributed by atoms with E-state index in [1.165, 1.54) is 24.3 Å². The minimum atomic E-state index is -0.549. The Kier molecular flexibility index (Phi) is 3.33. The number of pyridine rings is 1. The summed E-state index contributed by atoms with van der Waals surface area (Å²) < 4.78 is 5.05. The third kappa shape index (κ3) is 2.20. The Morgan fingerprint density at radius 1 is 1.68 bits per heavy atom. The van der Waals surface area contributed by atoms with Gasteiger partial charge in [0, 0.05) is 19.2 Å². The summed E-state index contributed by atoms with van der Waals surface area (Å²) >= 11 is 0. The zero-order valence-corrected chi connectivity index (χ0v) is 10.3. The summed E-state index contributed by atoms with van der Waals surface area (Å²) in [5.74, 6) is -0.816. The lowest BCUT2D eigenvalue weighted by Crippen LogP contribution is -2.29. The molecule has 1 saturated heterocycles. The molecular weight excluding hydrogens is 248 g/mol. The normalized spacial score (nSPS) is 18.2. The number of nitrogens with zero attached hydrogens (tertiary/aromatic N) is 3. The number of hydrogen-bond donors (Lipinski definition) is 1. The highest BCUT2D eigenvalue weighted by molar-refractivity contribution is 6.00. The third-order valence-electron chi connectivity index (χ3n) is 3.01. The van der Waals surface area contributed by atoms with E-state index in [1.807, 2.05) is 6.07 Å². The van der Waals surface area contributed by atoms with Gasteiger partial charge in [0.15, 0.2) is 5.82 Å². The molecule has 98 valence electrons. The van der Waals surface area contributed by atoms with Gasteiger partial charge in [-0.3, -0.25) is 14.5 Å². The summed E-state index contributed by atoms with van der Waals surface area (Å²) in [5, 5.41) is 9.15. The molecule has 7 heteroatoms. The first-order chi connectivity index (χ1) is 9.08. The van der Waals surface area contributed by atoms with Crippen molar-refractivity contribution in [3.63, 3.8) is 0 Å². The second-order valence-electron chi connectivity index (χ2n) is 4.13. The van der Waals surface area contributed by atoms with Crippen LogP contribution in [0.2, 0.25) is 0 Å². The molecule has 0 bridgehead atoms. The summed E-state index contributed by atoms with van der Waals surface area (Å²) in [4.78, 5) is 28.4. The van der Waals surface area contributed by atoms with E-state index in [-0.39, 0.29) is 30.3 Å². The second kappa shape index (κ2) is 4.94. The van der Waals surface area contributed by atoms with Gasteiger partial charge in [-0.25, -0.2) is 4.98 Å². The minimum absolute atomic E-state index is 0.0408. The zero-order chi connectivity index (χ0) is 14.0. The fraction of sp³-hybridized carbons (Fsp3) is 0.333. The van der Waals surface area contributed by atoms with Crippen molar-refractivity contribution in [2.75, 3.05) is 18.6 Å². The van der Waals surface area contributed by atoms with Gasteiger partial charge in [-0.1, -0.05) is 0 Å². The second-order valence-corrected chi connectivity index (χ2v) is 4.13. The minimum Gasteiger partial charge on any atom is -0.495 e. The van der Waals surface area contributed by atoms with Crippen LogP contribution in [0.1, 0.15) is 12.0 Å². The molecule has 1 unspecified atom stereocenters. The van der Waals surface area contributed by atoms with Crippen LogP contribution in [0.3, 0.4) is 0 Å². The molecule has 0 radical (unpaired) electrons. The highest BCUT2D eigenvalue weighted by atomic mass is 16.5. The van der Waals surface area contributed by atoms with Crippen LogP contribution in [0.4, 0.5) is 5.82 Å². The summed E-state index contributed by atoms with van der Waals surface area (Å²) in [6, 6.07) is 3.49. The first-order valence-corrected chi connectivity index (χ1v) is 5.61. The fourth-order valence-corrected chi connectivity index (χ4v) is 2.02. The van der Waals surface area contributed by atoms with Crippen LogP contribution in [0, 0.1) is 17.2 Å². The molecule has 0 aliphatic carbocycles.